The van der Waals surface area contributed by atoms with E-state index in [0.29, 0.717) is 17.0 Å². The molecule has 0 radical (unpaired) electrons. The highest BCUT2D eigenvalue weighted by molar-refractivity contribution is 8.18. The number of ether oxygens (including phenoxy) is 1. The van der Waals surface area contributed by atoms with Crippen LogP contribution in [-0.4, -0.2) is 38.4 Å². The van der Waals surface area contributed by atoms with E-state index in [1.54, 1.807) is 36.4 Å². The molecule has 1 aromatic heterocycles. The molecule has 1 aliphatic heterocycles. The number of aromatic nitrogens is 1. The molecular formula is C25H20N4O6S. The second-order valence-electron chi connectivity index (χ2n) is 7.85. The van der Waals surface area contributed by atoms with Crippen molar-refractivity contribution in [3.63, 3.8) is 0 Å². The van der Waals surface area contributed by atoms with Gasteiger partial charge in [0.25, 0.3) is 16.8 Å². The molecule has 1 fully saturated rings. The first-order chi connectivity index (χ1) is 17.2. The van der Waals surface area contributed by atoms with Crippen LogP contribution in [0.25, 0.3) is 6.08 Å². The highest BCUT2D eigenvalue weighted by atomic mass is 32.2. The van der Waals surface area contributed by atoms with Gasteiger partial charge in [-0.25, -0.2) is 4.98 Å². The molecule has 0 atom stereocenters. The number of hydrogen-bond acceptors (Lipinski definition) is 8. The van der Waals surface area contributed by atoms with Gasteiger partial charge in [-0.1, -0.05) is 24.3 Å². The minimum atomic E-state index is -0.551. The molecule has 1 saturated heterocycles. The molecule has 182 valence electrons. The van der Waals surface area contributed by atoms with Gasteiger partial charge in [0, 0.05) is 17.8 Å². The van der Waals surface area contributed by atoms with Gasteiger partial charge in [0.2, 0.25) is 11.8 Å². The van der Waals surface area contributed by atoms with Crippen molar-refractivity contribution >= 4 is 46.3 Å². The summed E-state index contributed by atoms with van der Waals surface area (Å²) in [5.74, 6) is -0.386. The smallest absolute Gasteiger partial charge is 0.294 e. The van der Waals surface area contributed by atoms with E-state index in [1.807, 2.05) is 26.0 Å². The maximum atomic E-state index is 12.8. The molecule has 0 aliphatic carbocycles. The van der Waals surface area contributed by atoms with Crippen molar-refractivity contribution in [2.45, 2.75) is 13.8 Å². The molecular weight excluding hydrogens is 484 g/mol. The topological polar surface area (TPSA) is 132 Å². The summed E-state index contributed by atoms with van der Waals surface area (Å²) < 4.78 is 5.57. The van der Waals surface area contributed by atoms with Gasteiger partial charge < -0.3 is 10.1 Å². The summed E-state index contributed by atoms with van der Waals surface area (Å²) >= 11 is 0.763. The van der Waals surface area contributed by atoms with Gasteiger partial charge in [-0.05, 0) is 66.6 Å². The number of nitro groups is 1. The predicted octanol–water partition coefficient (Wildman–Crippen LogP) is 5.07. The van der Waals surface area contributed by atoms with E-state index in [9.17, 15) is 24.5 Å². The van der Waals surface area contributed by atoms with Crippen LogP contribution in [-0.2, 0) is 9.59 Å². The number of pyridine rings is 1. The van der Waals surface area contributed by atoms with Gasteiger partial charge in [-0.2, -0.15) is 0 Å². The van der Waals surface area contributed by atoms with E-state index in [1.165, 1.54) is 12.1 Å². The normalized spacial score (nSPS) is 14.3. The summed E-state index contributed by atoms with van der Waals surface area (Å²) in [4.78, 5) is 52.8. The van der Waals surface area contributed by atoms with Crippen molar-refractivity contribution in [3.05, 3.63) is 92.5 Å². The van der Waals surface area contributed by atoms with Gasteiger partial charge in [-0.15, -0.1) is 0 Å². The second-order valence-corrected chi connectivity index (χ2v) is 8.84. The highest BCUT2D eigenvalue weighted by Gasteiger charge is 2.36. The fourth-order valence-corrected chi connectivity index (χ4v) is 4.14. The lowest BCUT2D eigenvalue weighted by Crippen LogP contribution is -2.36. The van der Waals surface area contributed by atoms with Gasteiger partial charge in [0.1, 0.15) is 18.5 Å². The van der Waals surface area contributed by atoms with Crippen molar-refractivity contribution < 1.29 is 24.0 Å². The lowest BCUT2D eigenvalue weighted by molar-refractivity contribution is -0.385. The Hall–Kier alpha value is -4.51. The summed E-state index contributed by atoms with van der Waals surface area (Å²) in [6.45, 7) is 3.43. The van der Waals surface area contributed by atoms with E-state index < -0.39 is 22.0 Å². The number of benzene rings is 2. The highest BCUT2D eigenvalue weighted by Crippen LogP contribution is 2.32. The van der Waals surface area contributed by atoms with E-state index in [4.69, 9.17) is 4.74 Å². The zero-order valence-corrected chi connectivity index (χ0v) is 20.1. The molecule has 2 heterocycles. The average Bonchev–Trinajstić information content (AvgIpc) is 3.11. The number of aryl methyl sites for hydroxylation is 1. The SMILES string of the molecule is Cc1cccc(NC(=O)CN2C(=O)S/C(=C\c3ccc(Oc4ccc([N+](=O)[O-])cn4)cc3)C2=O)c1C. The van der Waals surface area contributed by atoms with Crippen molar-refractivity contribution in [2.24, 2.45) is 0 Å². The van der Waals surface area contributed by atoms with E-state index >= 15 is 0 Å². The Morgan fingerprint density at radius 3 is 2.56 bits per heavy atom. The Balaban J connectivity index is 1.39. The maximum absolute atomic E-state index is 12.8. The van der Waals surface area contributed by atoms with Gasteiger partial charge >= 0.3 is 0 Å². The van der Waals surface area contributed by atoms with Crippen LogP contribution in [0.15, 0.2) is 65.7 Å². The molecule has 0 bridgehead atoms. The molecule has 3 aromatic rings. The van der Waals surface area contributed by atoms with E-state index in [0.717, 1.165) is 34.0 Å². The standard InChI is InChI=1S/C25H20N4O6S/c1-15-4-3-5-20(16(15)2)27-22(30)14-28-24(31)21(36-25(28)32)12-17-6-9-19(10-7-17)35-23-11-8-18(13-26-23)29(33)34/h3-13H,14H2,1-2H3,(H,27,30)/b21-12-. The third-order valence-electron chi connectivity index (χ3n) is 5.39. The third-order valence-corrected chi connectivity index (χ3v) is 6.29. The van der Waals surface area contributed by atoms with Crippen molar-refractivity contribution in [1.82, 2.24) is 9.88 Å². The molecule has 10 nitrogen and oxygen atoms in total. The Bertz CT molecular complexity index is 1390. The minimum Gasteiger partial charge on any atom is -0.439 e. The van der Waals surface area contributed by atoms with Crippen LogP contribution < -0.4 is 10.1 Å². The number of amides is 3. The number of imide groups is 1. The molecule has 36 heavy (non-hydrogen) atoms. The van der Waals surface area contributed by atoms with Crippen LogP contribution >= 0.6 is 11.8 Å². The van der Waals surface area contributed by atoms with Crippen LogP contribution in [0.3, 0.4) is 0 Å². The number of thioether (sulfide) groups is 1. The van der Waals surface area contributed by atoms with Crippen molar-refractivity contribution in [3.8, 4) is 11.6 Å². The first kappa shape index (κ1) is 24.6. The number of carbonyl (C=O) groups is 3. The number of anilines is 1. The van der Waals surface area contributed by atoms with Gasteiger partial charge in [-0.3, -0.25) is 29.4 Å². The van der Waals surface area contributed by atoms with Gasteiger partial charge in [0.15, 0.2) is 0 Å². The van der Waals surface area contributed by atoms with E-state index in [-0.39, 0.29) is 23.0 Å². The zero-order chi connectivity index (χ0) is 25.8. The number of rotatable bonds is 7. The summed E-state index contributed by atoms with van der Waals surface area (Å²) in [6.07, 6.45) is 2.66. The average molecular weight is 505 g/mol. The first-order valence-corrected chi connectivity index (χ1v) is 11.5. The molecule has 1 aliphatic rings. The molecule has 0 saturated carbocycles. The number of carbonyl (C=O) groups excluding carboxylic acids is 3. The first-order valence-electron chi connectivity index (χ1n) is 10.7. The van der Waals surface area contributed by atoms with Crippen LogP contribution in [0.4, 0.5) is 16.2 Å². The Kier molecular flexibility index (Phi) is 7.11. The maximum Gasteiger partial charge on any atom is 0.294 e. The van der Waals surface area contributed by atoms with Gasteiger partial charge in [0.05, 0.1) is 9.83 Å². The Morgan fingerprint density at radius 2 is 1.89 bits per heavy atom. The lowest BCUT2D eigenvalue weighted by Gasteiger charge is -2.14. The van der Waals surface area contributed by atoms with Crippen molar-refractivity contribution in [2.75, 3.05) is 11.9 Å². The number of hydrogen-bond donors (Lipinski definition) is 1. The summed E-state index contributed by atoms with van der Waals surface area (Å²) in [5, 5.41) is 12.9. The van der Waals surface area contributed by atoms with Crippen molar-refractivity contribution in [1.29, 1.82) is 0 Å². The largest absolute Gasteiger partial charge is 0.439 e. The summed E-state index contributed by atoms with van der Waals surface area (Å²) in [5.41, 5.74) is 3.06. The summed E-state index contributed by atoms with van der Waals surface area (Å²) in [6, 6.07) is 14.8. The fourth-order valence-electron chi connectivity index (χ4n) is 3.30. The number of nitrogens with one attached hydrogen (secondary N) is 1. The predicted molar refractivity (Wildman–Crippen MR) is 135 cm³/mol. The number of nitrogens with zero attached hydrogens (tertiary/aromatic N) is 3. The molecule has 1 N–H and O–H groups in total. The van der Waals surface area contributed by atoms with Crippen LogP contribution in [0.5, 0.6) is 11.6 Å². The third kappa shape index (κ3) is 5.58. The molecule has 11 heteroatoms. The monoisotopic (exact) mass is 504 g/mol. The molecule has 3 amide bonds. The van der Waals surface area contributed by atoms with E-state index in [2.05, 4.69) is 10.3 Å². The minimum absolute atomic E-state index is 0.144. The van der Waals surface area contributed by atoms with Crippen LogP contribution in [0.1, 0.15) is 16.7 Å². The zero-order valence-electron chi connectivity index (χ0n) is 19.3. The fraction of sp³-hybridized carbons (Fsp3) is 0.120. The molecule has 2 aromatic carbocycles. The van der Waals surface area contributed by atoms with Crippen LogP contribution in [0, 0.1) is 24.0 Å². The molecule has 4 rings (SSSR count). The molecule has 0 unspecified atom stereocenters. The molecule has 0 spiro atoms. The summed E-state index contributed by atoms with van der Waals surface area (Å²) in [7, 11) is 0. The lowest BCUT2D eigenvalue weighted by atomic mass is 10.1. The van der Waals surface area contributed by atoms with Crippen LogP contribution in [0.2, 0.25) is 0 Å². The Labute approximate surface area is 210 Å². The Morgan fingerprint density at radius 1 is 1.14 bits per heavy atom. The second kappa shape index (κ2) is 10.4. The quantitative estimate of drug-likeness (QED) is 0.268.